The summed E-state index contributed by atoms with van der Waals surface area (Å²) in [4.78, 5) is 36.8. The Morgan fingerprint density at radius 3 is 2.49 bits per heavy atom. The molecule has 0 radical (unpaired) electrons. The van der Waals surface area contributed by atoms with Gasteiger partial charge in [0, 0.05) is 48.4 Å². The van der Waals surface area contributed by atoms with E-state index in [1.54, 1.807) is 12.5 Å². The van der Waals surface area contributed by atoms with E-state index in [0.717, 1.165) is 36.9 Å². The fourth-order valence-corrected chi connectivity index (χ4v) is 5.84. The SMILES string of the molecule is O=C(CCc1ccccn1)N1CCC(O)(Cn2cnc(-c3ccccc3)cc2=O)C2(CCCC2)C1. The van der Waals surface area contributed by atoms with Gasteiger partial charge < -0.3 is 10.0 Å². The van der Waals surface area contributed by atoms with E-state index >= 15 is 0 Å². The number of carbonyl (C=O) groups is 1. The first kappa shape index (κ1) is 23.4. The van der Waals surface area contributed by atoms with Gasteiger partial charge in [0.1, 0.15) is 0 Å². The monoisotopic (exact) mass is 472 g/mol. The van der Waals surface area contributed by atoms with E-state index in [1.165, 1.54) is 10.6 Å². The minimum atomic E-state index is -1.05. The predicted octanol–water partition coefficient (Wildman–Crippen LogP) is 3.46. The zero-order chi connectivity index (χ0) is 24.3. The summed E-state index contributed by atoms with van der Waals surface area (Å²) in [6.07, 6.45) is 8.55. The second-order valence-electron chi connectivity index (χ2n) is 10.0. The van der Waals surface area contributed by atoms with Crippen LogP contribution in [0.2, 0.25) is 0 Å². The van der Waals surface area contributed by atoms with E-state index in [4.69, 9.17) is 0 Å². The quantitative estimate of drug-likeness (QED) is 0.594. The Labute approximate surface area is 205 Å². The van der Waals surface area contributed by atoms with Crippen molar-refractivity contribution >= 4 is 5.91 Å². The first-order valence-corrected chi connectivity index (χ1v) is 12.5. The topological polar surface area (TPSA) is 88.3 Å². The molecule has 1 aliphatic heterocycles. The van der Waals surface area contributed by atoms with E-state index in [2.05, 4.69) is 9.97 Å². The second-order valence-corrected chi connectivity index (χ2v) is 10.0. The molecule has 1 unspecified atom stereocenters. The minimum absolute atomic E-state index is 0.107. The third-order valence-corrected chi connectivity index (χ3v) is 7.89. The fourth-order valence-electron chi connectivity index (χ4n) is 5.84. The van der Waals surface area contributed by atoms with Gasteiger partial charge in [-0.15, -0.1) is 0 Å². The van der Waals surface area contributed by atoms with Gasteiger partial charge in [0.05, 0.1) is 24.2 Å². The van der Waals surface area contributed by atoms with Gasteiger partial charge in [-0.05, 0) is 37.8 Å². The highest BCUT2D eigenvalue weighted by molar-refractivity contribution is 5.76. The van der Waals surface area contributed by atoms with Crippen molar-refractivity contribution in [2.24, 2.45) is 5.41 Å². The normalized spacial score (nSPS) is 21.3. The van der Waals surface area contributed by atoms with Crippen LogP contribution in [-0.2, 0) is 17.8 Å². The highest BCUT2D eigenvalue weighted by atomic mass is 16.3. The Morgan fingerprint density at radius 1 is 1.00 bits per heavy atom. The van der Waals surface area contributed by atoms with Crippen LogP contribution < -0.4 is 5.56 Å². The van der Waals surface area contributed by atoms with Crippen LogP contribution in [0, 0.1) is 5.41 Å². The third kappa shape index (κ3) is 4.78. The lowest BCUT2D eigenvalue weighted by Crippen LogP contribution is -2.62. The molecule has 1 aromatic carbocycles. The number of likely N-dealkylation sites (tertiary alicyclic amines) is 1. The number of aliphatic hydroxyl groups is 1. The number of aromatic nitrogens is 3. The van der Waals surface area contributed by atoms with Crippen LogP contribution in [-0.4, -0.2) is 49.1 Å². The lowest BCUT2D eigenvalue weighted by Gasteiger charge is -2.52. The van der Waals surface area contributed by atoms with Crippen molar-refractivity contribution in [2.75, 3.05) is 13.1 Å². The molecule has 2 fully saturated rings. The molecule has 5 rings (SSSR count). The Hall–Kier alpha value is -3.32. The van der Waals surface area contributed by atoms with Crippen molar-refractivity contribution in [3.8, 4) is 11.3 Å². The average Bonchev–Trinajstić information content (AvgIpc) is 3.37. The summed E-state index contributed by atoms with van der Waals surface area (Å²) in [5, 5.41) is 12.0. The Bertz CT molecular complexity index is 1220. The van der Waals surface area contributed by atoms with Gasteiger partial charge in [-0.1, -0.05) is 49.2 Å². The molecular formula is C28H32N4O3. The smallest absolute Gasteiger partial charge is 0.253 e. The van der Waals surface area contributed by atoms with Crippen molar-refractivity contribution in [1.29, 1.82) is 0 Å². The molecule has 3 aromatic rings. The maximum atomic E-state index is 13.1. The molecule has 1 N–H and O–H groups in total. The van der Waals surface area contributed by atoms with Crippen LogP contribution in [0.25, 0.3) is 11.3 Å². The maximum absolute atomic E-state index is 13.1. The number of pyridine rings is 1. The molecule has 2 aliphatic rings. The van der Waals surface area contributed by atoms with Gasteiger partial charge in [-0.3, -0.25) is 19.1 Å². The molecule has 7 heteroatoms. The molecule has 7 nitrogen and oxygen atoms in total. The van der Waals surface area contributed by atoms with Gasteiger partial charge in [0.2, 0.25) is 5.91 Å². The van der Waals surface area contributed by atoms with Gasteiger partial charge in [-0.25, -0.2) is 4.98 Å². The largest absolute Gasteiger partial charge is 0.387 e. The van der Waals surface area contributed by atoms with Crippen LogP contribution in [0.5, 0.6) is 0 Å². The molecule has 35 heavy (non-hydrogen) atoms. The standard InChI is InChI=1S/C28H32N4O3/c33-25(12-11-23-10-4-7-16-29-23)31-17-15-28(35,27(19-31)13-5-6-14-27)20-32-21-30-24(18-26(32)34)22-8-2-1-3-9-22/h1-4,7-10,16,18,21,35H,5-6,11-15,17,19-20H2. The van der Waals surface area contributed by atoms with Crippen LogP contribution in [0.4, 0.5) is 0 Å². The highest BCUT2D eigenvalue weighted by Crippen LogP contribution is 2.51. The molecule has 0 bridgehead atoms. The van der Waals surface area contributed by atoms with Gasteiger partial charge in [0.15, 0.2) is 0 Å². The number of hydrogen-bond acceptors (Lipinski definition) is 5. The first-order valence-electron chi connectivity index (χ1n) is 12.5. The van der Waals surface area contributed by atoms with Crippen LogP contribution >= 0.6 is 0 Å². The van der Waals surface area contributed by atoms with Gasteiger partial charge in [-0.2, -0.15) is 0 Å². The molecule has 182 valence electrons. The summed E-state index contributed by atoms with van der Waals surface area (Å²) >= 11 is 0. The molecular weight excluding hydrogens is 440 g/mol. The summed E-state index contributed by atoms with van der Waals surface area (Å²) in [5.74, 6) is 0.107. The molecule has 1 aliphatic carbocycles. The number of carbonyl (C=O) groups excluding carboxylic acids is 1. The van der Waals surface area contributed by atoms with E-state index in [9.17, 15) is 14.7 Å². The number of piperidine rings is 1. The molecule has 1 atom stereocenters. The number of aryl methyl sites for hydroxylation is 1. The molecule has 2 aromatic heterocycles. The average molecular weight is 473 g/mol. The van der Waals surface area contributed by atoms with Gasteiger partial charge in [0.25, 0.3) is 5.56 Å². The molecule has 1 amide bonds. The Morgan fingerprint density at radius 2 is 1.77 bits per heavy atom. The number of rotatable bonds is 6. The molecule has 1 saturated heterocycles. The lowest BCUT2D eigenvalue weighted by atomic mass is 9.65. The zero-order valence-corrected chi connectivity index (χ0v) is 20.0. The predicted molar refractivity (Wildman–Crippen MR) is 134 cm³/mol. The van der Waals surface area contributed by atoms with Crippen molar-refractivity contribution in [1.82, 2.24) is 19.4 Å². The summed E-state index contributed by atoms with van der Waals surface area (Å²) in [6, 6.07) is 16.9. The van der Waals surface area contributed by atoms with Crippen molar-refractivity contribution in [2.45, 2.75) is 57.1 Å². The lowest BCUT2D eigenvalue weighted by molar-refractivity contribution is -0.160. The third-order valence-electron chi connectivity index (χ3n) is 7.89. The van der Waals surface area contributed by atoms with Crippen LogP contribution in [0.15, 0.2) is 71.9 Å². The maximum Gasteiger partial charge on any atom is 0.253 e. The van der Waals surface area contributed by atoms with Crippen molar-refractivity contribution in [3.63, 3.8) is 0 Å². The molecule has 1 saturated carbocycles. The van der Waals surface area contributed by atoms with Crippen LogP contribution in [0.3, 0.4) is 0 Å². The minimum Gasteiger partial charge on any atom is -0.387 e. The van der Waals surface area contributed by atoms with E-state index < -0.39 is 11.0 Å². The summed E-state index contributed by atoms with van der Waals surface area (Å²) < 4.78 is 1.53. The summed E-state index contributed by atoms with van der Waals surface area (Å²) in [6.45, 7) is 1.22. The Kier molecular flexibility index (Phi) is 6.52. The van der Waals surface area contributed by atoms with Crippen molar-refractivity contribution in [3.05, 3.63) is 83.2 Å². The van der Waals surface area contributed by atoms with Crippen molar-refractivity contribution < 1.29 is 9.90 Å². The fraction of sp³-hybridized carbons (Fsp3) is 0.429. The first-order chi connectivity index (χ1) is 17.0. The molecule has 3 heterocycles. The highest BCUT2D eigenvalue weighted by Gasteiger charge is 2.55. The van der Waals surface area contributed by atoms with E-state index in [0.29, 0.717) is 38.0 Å². The summed E-state index contributed by atoms with van der Waals surface area (Å²) in [5.41, 5.74) is 0.804. The number of hydrogen-bond donors (Lipinski definition) is 1. The summed E-state index contributed by atoms with van der Waals surface area (Å²) in [7, 11) is 0. The second kappa shape index (κ2) is 9.74. The number of amides is 1. The number of nitrogens with zero attached hydrogens (tertiary/aromatic N) is 4. The Balaban J connectivity index is 1.31. The number of benzene rings is 1. The van der Waals surface area contributed by atoms with E-state index in [-0.39, 0.29) is 18.0 Å². The van der Waals surface area contributed by atoms with E-state index in [1.807, 2.05) is 53.4 Å². The molecule has 1 spiro atoms. The zero-order valence-electron chi connectivity index (χ0n) is 20.0. The van der Waals surface area contributed by atoms with Crippen LogP contribution in [0.1, 0.15) is 44.2 Å². The van der Waals surface area contributed by atoms with Gasteiger partial charge >= 0.3 is 0 Å².